The fourth-order valence-electron chi connectivity index (χ4n) is 2.91. The lowest BCUT2D eigenvalue weighted by Crippen LogP contribution is -2.45. The van der Waals surface area contributed by atoms with Crippen LogP contribution in [0.3, 0.4) is 0 Å². The van der Waals surface area contributed by atoms with Crippen molar-refractivity contribution in [3.05, 3.63) is 35.4 Å². The van der Waals surface area contributed by atoms with Crippen LogP contribution in [0.5, 0.6) is 0 Å². The zero-order chi connectivity index (χ0) is 14.0. The average molecular weight is 259 g/mol. The van der Waals surface area contributed by atoms with Gasteiger partial charge in [0.25, 0.3) is 0 Å². The van der Waals surface area contributed by atoms with Crippen molar-refractivity contribution in [2.45, 2.75) is 39.5 Å². The molecule has 2 atom stereocenters. The number of hydrogen-bond donors (Lipinski definition) is 1. The number of aryl methyl sites for hydroxylation is 1. The Morgan fingerprint density at radius 1 is 1.26 bits per heavy atom. The minimum atomic E-state index is -0.154. The normalized spacial score (nSPS) is 23.6. The second kappa shape index (κ2) is 5.55. The van der Waals surface area contributed by atoms with Gasteiger partial charge < -0.3 is 0 Å². The molecule has 1 aromatic carbocycles. The van der Waals surface area contributed by atoms with E-state index in [-0.39, 0.29) is 23.7 Å². The van der Waals surface area contributed by atoms with Gasteiger partial charge in [-0.25, -0.2) is 0 Å². The van der Waals surface area contributed by atoms with E-state index in [1.165, 1.54) is 0 Å². The quantitative estimate of drug-likeness (QED) is 0.848. The van der Waals surface area contributed by atoms with Crippen molar-refractivity contribution in [1.82, 2.24) is 5.32 Å². The number of carbonyl (C=O) groups excluding carboxylic acids is 2. The number of nitrogens with one attached hydrogen (secondary N) is 1. The maximum atomic E-state index is 12.1. The molecule has 1 aliphatic heterocycles. The van der Waals surface area contributed by atoms with Gasteiger partial charge in [0.15, 0.2) is 0 Å². The average Bonchev–Trinajstić information content (AvgIpc) is 2.33. The van der Waals surface area contributed by atoms with Crippen LogP contribution >= 0.6 is 0 Å². The molecule has 1 saturated heterocycles. The lowest BCUT2D eigenvalue weighted by Gasteiger charge is -2.32. The van der Waals surface area contributed by atoms with Gasteiger partial charge in [0.1, 0.15) is 0 Å². The Morgan fingerprint density at radius 3 is 2.58 bits per heavy atom. The van der Waals surface area contributed by atoms with E-state index in [0.29, 0.717) is 12.3 Å². The SMILES string of the molecule is Cc1ccccc1C1CC(=O)NC(=O)C1CC(C)C. The topological polar surface area (TPSA) is 46.2 Å². The number of benzene rings is 1. The summed E-state index contributed by atoms with van der Waals surface area (Å²) in [5.41, 5.74) is 2.29. The summed E-state index contributed by atoms with van der Waals surface area (Å²) in [4.78, 5) is 23.8. The summed E-state index contributed by atoms with van der Waals surface area (Å²) in [5, 5.41) is 2.48. The Balaban J connectivity index is 2.35. The Hall–Kier alpha value is -1.64. The monoisotopic (exact) mass is 259 g/mol. The van der Waals surface area contributed by atoms with E-state index >= 15 is 0 Å². The van der Waals surface area contributed by atoms with E-state index in [9.17, 15) is 9.59 Å². The van der Waals surface area contributed by atoms with Crippen LogP contribution in [-0.2, 0) is 9.59 Å². The van der Waals surface area contributed by atoms with Gasteiger partial charge in [-0.1, -0.05) is 38.1 Å². The smallest absolute Gasteiger partial charge is 0.230 e. The minimum absolute atomic E-state index is 0.0184. The molecule has 0 bridgehead atoms. The summed E-state index contributed by atoms with van der Waals surface area (Å²) in [6.45, 7) is 6.26. The lowest BCUT2D eigenvalue weighted by molar-refractivity contribution is -0.137. The van der Waals surface area contributed by atoms with Gasteiger partial charge in [-0.05, 0) is 30.4 Å². The Labute approximate surface area is 114 Å². The summed E-state index contributed by atoms with van der Waals surface area (Å²) in [6, 6.07) is 8.05. The van der Waals surface area contributed by atoms with Crippen molar-refractivity contribution in [3.8, 4) is 0 Å². The Kier molecular flexibility index (Phi) is 4.03. The summed E-state index contributed by atoms with van der Waals surface area (Å²) in [6.07, 6.45) is 1.23. The van der Waals surface area contributed by atoms with Crippen LogP contribution in [0.25, 0.3) is 0 Å². The first-order chi connectivity index (χ1) is 8.99. The van der Waals surface area contributed by atoms with Crippen molar-refractivity contribution >= 4 is 11.8 Å². The Morgan fingerprint density at radius 2 is 1.95 bits per heavy atom. The van der Waals surface area contributed by atoms with Gasteiger partial charge in [-0.2, -0.15) is 0 Å². The van der Waals surface area contributed by atoms with Gasteiger partial charge >= 0.3 is 0 Å². The highest BCUT2D eigenvalue weighted by atomic mass is 16.2. The first-order valence-electron chi connectivity index (χ1n) is 6.88. The van der Waals surface area contributed by atoms with Gasteiger partial charge in [0.05, 0.1) is 0 Å². The maximum Gasteiger partial charge on any atom is 0.230 e. The third-order valence-corrected chi connectivity index (χ3v) is 3.80. The number of carbonyl (C=O) groups is 2. The highest BCUT2D eigenvalue weighted by Gasteiger charge is 2.37. The molecule has 3 heteroatoms. The van der Waals surface area contributed by atoms with Crippen molar-refractivity contribution in [1.29, 1.82) is 0 Å². The van der Waals surface area contributed by atoms with Crippen LogP contribution in [0.4, 0.5) is 0 Å². The number of imide groups is 1. The van der Waals surface area contributed by atoms with E-state index in [4.69, 9.17) is 0 Å². The summed E-state index contributed by atoms with van der Waals surface area (Å²) < 4.78 is 0. The molecule has 3 nitrogen and oxygen atoms in total. The molecule has 1 aliphatic rings. The van der Waals surface area contributed by atoms with Crippen LogP contribution in [0.1, 0.15) is 43.7 Å². The second-order valence-electron chi connectivity index (χ2n) is 5.82. The molecule has 1 N–H and O–H groups in total. The van der Waals surface area contributed by atoms with E-state index in [1.54, 1.807) is 0 Å². The molecule has 0 radical (unpaired) electrons. The highest BCUT2D eigenvalue weighted by molar-refractivity contribution is 5.99. The fraction of sp³-hybridized carbons (Fsp3) is 0.500. The Bertz CT molecular complexity index is 493. The van der Waals surface area contributed by atoms with Crippen LogP contribution in [0.2, 0.25) is 0 Å². The molecule has 0 spiro atoms. The molecule has 0 saturated carbocycles. The molecule has 102 valence electrons. The number of rotatable bonds is 3. The predicted octanol–water partition coefficient (Wildman–Crippen LogP) is 2.79. The van der Waals surface area contributed by atoms with Crippen molar-refractivity contribution < 1.29 is 9.59 Å². The van der Waals surface area contributed by atoms with Gasteiger partial charge in [0.2, 0.25) is 11.8 Å². The standard InChI is InChI=1S/C16H21NO2/c1-10(2)8-14-13(9-15(18)17-16(14)19)12-7-5-4-6-11(12)3/h4-7,10,13-14H,8-9H2,1-3H3,(H,17,18,19). The first kappa shape index (κ1) is 13.8. The third kappa shape index (κ3) is 3.03. The second-order valence-corrected chi connectivity index (χ2v) is 5.82. The zero-order valence-electron chi connectivity index (χ0n) is 11.8. The van der Waals surface area contributed by atoms with Crippen LogP contribution in [0.15, 0.2) is 24.3 Å². The molecule has 2 rings (SSSR count). The summed E-state index contributed by atoms with van der Waals surface area (Å²) >= 11 is 0. The third-order valence-electron chi connectivity index (χ3n) is 3.80. The molecule has 0 aliphatic carbocycles. The first-order valence-corrected chi connectivity index (χ1v) is 6.88. The van der Waals surface area contributed by atoms with E-state index in [0.717, 1.165) is 17.5 Å². The predicted molar refractivity (Wildman–Crippen MR) is 74.6 cm³/mol. The molecular weight excluding hydrogens is 238 g/mol. The van der Waals surface area contributed by atoms with Crippen molar-refractivity contribution in [2.75, 3.05) is 0 Å². The number of hydrogen-bond acceptors (Lipinski definition) is 2. The van der Waals surface area contributed by atoms with Gasteiger partial charge in [-0.15, -0.1) is 0 Å². The van der Waals surface area contributed by atoms with Crippen LogP contribution in [-0.4, -0.2) is 11.8 Å². The van der Waals surface area contributed by atoms with Crippen LogP contribution < -0.4 is 5.32 Å². The number of amides is 2. The number of piperidine rings is 1. The molecule has 19 heavy (non-hydrogen) atoms. The molecule has 2 unspecified atom stereocenters. The zero-order valence-corrected chi connectivity index (χ0v) is 11.8. The highest BCUT2D eigenvalue weighted by Crippen LogP contribution is 2.36. The summed E-state index contributed by atoms with van der Waals surface area (Å²) in [5.74, 6) is 0.0931. The molecule has 1 heterocycles. The molecule has 1 fully saturated rings. The van der Waals surface area contributed by atoms with Crippen molar-refractivity contribution in [3.63, 3.8) is 0 Å². The van der Waals surface area contributed by atoms with Crippen LogP contribution in [0, 0.1) is 18.8 Å². The molecule has 1 aromatic rings. The largest absolute Gasteiger partial charge is 0.296 e. The van der Waals surface area contributed by atoms with E-state index < -0.39 is 0 Å². The van der Waals surface area contributed by atoms with Gasteiger partial charge in [0, 0.05) is 18.3 Å². The minimum Gasteiger partial charge on any atom is -0.296 e. The molecule has 2 amide bonds. The summed E-state index contributed by atoms with van der Waals surface area (Å²) in [7, 11) is 0. The lowest BCUT2D eigenvalue weighted by atomic mass is 9.75. The van der Waals surface area contributed by atoms with Crippen molar-refractivity contribution in [2.24, 2.45) is 11.8 Å². The maximum absolute atomic E-state index is 12.1. The van der Waals surface area contributed by atoms with Gasteiger partial charge in [-0.3, -0.25) is 14.9 Å². The van der Waals surface area contributed by atoms with E-state index in [1.807, 2.05) is 31.2 Å². The molecule has 0 aromatic heterocycles. The fourth-order valence-corrected chi connectivity index (χ4v) is 2.91. The molecular formula is C16H21NO2. The van der Waals surface area contributed by atoms with E-state index in [2.05, 4.69) is 19.2 Å².